The monoisotopic (exact) mass is 894 g/mol. The highest BCUT2D eigenvalue weighted by atomic mass is 16.6. The van der Waals surface area contributed by atoms with Crippen LogP contribution in [-0.2, 0) is 52.9 Å². The molecule has 13 heteroatoms. The van der Waals surface area contributed by atoms with E-state index in [-0.39, 0.29) is 36.2 Å². The van der Waals surface area contributed by atoms with Gasteiger partial charge in [-0.2, -0.15) is 0 Å². The van der Waals surface area contributed by atoms with Crippen molar-refractivity contribution in [3.63, 3.8) is 0 Å². The first-order valence-electron chi connectivity index (χ1n) is 23.3. The van der Waals surface area contributed by atoms with Gasteiger partial charge in [-0.05, 0) is 101 Å². The van der Waals surface area contributed by atoms with Crippen LogP contribution in [0.1, 0.15) is 97.8 Å². The third-order valence-electron chi connectivity index (χ3n) is 12.7. The minimum Gasteiger partial charge on any atom is -0.461 e. The molecule has 5 amide bonds. The number of likely N-dealkylation sites (tertiary alicyclic amines) is 2. The number of hydrogen-bond acceptors (Lipinski definition) is 8. The zero-order valence-corrected chi connectivity index (χ0v) is 39.8. The predicted molar refractivity (Wildman–Crippen MR) is 250 cm³/mol. The molecule has 65 heavy (non-hydrogen) atoms. The van der Waals surface area contributed by atoms with Gasteiger partial charge < -0.3 is 29.9 Å². The van der Waals surface area contributed by atoms with Crippen LogP contribution in [0.2, 0.25) is 0 Å². The maximum Gasteiger partial charge on any atom is 0.410 e. The minimum absolute atomic E-state index is 0.117. The number of carbonyl (C=O) groups is 6. The van der Waals surface area contributed by atoms with Gasteiger partial charge in [0.25, 0.3) is 0 Å². The Balaban J connectivity index is 1.36. The van der Waals surface area contributed by atoms with Crippen LogP contribution in [-0.4, -0.2) is 106 Å². The van der Waals surface area contributed by atoms with Gasteiger partial charge in [-0.25, -0.2) is 4.79 Å². The molecule has 0 spiro atoms. The summed E-state index contributed by atoms with van der Waals surface area (Å²) in [5.41, 5.74) is 2.05. The fourth-order valence-corrected chi connectivity index (χ4v) is 9.23. The summed E-state index contributed by atoms with van der Waals surface area (Å²) in [7, 11) is 1.56. The summed E-state index contributed by atoms with van der Waals surface area (Å²) in [6.07, 6.45) is 2.26. The van der Waals surface area contributed by atoms with Gasteiger partial charge in [0.05, 0.1) is 5.92 Å². The second-order valence-corrected chi connectivity index (χ2v) is 19.4. The molecule has 0 radical (unpaired) electrons. The van der Waals surface area contributed by atoms with E-state index < -0.39 is 65.6 Å². The van der Waals surface area contributed by atoms with E-state index in [9.17, 15) is 28.8 Å². The first-order valence-corrected chi connectivity index (χ1v) is 23.3. The zero-order valence-electron chi connectivity index (χ0n) is 39.8. The average Bonchev–Trinajstić information content (AvgIpc) is 3.98. The summed E-state index contributed by atoms with van der Waals surface area (Å²) in [6.45, 7) is 15.5. The fraction of sp³-hybridized carbons (Fsp3) is 0.538. The number of amides is 5. The Bertz CT molecular complexity index is 2060. The highest BCUT2D eigenvalue weighted by molar-refractivity contribution is 5.96. The quantitative estimate of drug-likeness (QED) is 0.130. The molecule has 0 unspecified atom stereocenters. The SMILES string of the molecule is CC(C)[C@@H](NC(=O)[C@@H]1CCCN1C(=O)[C@@H](NC(=O)[C@@H]1CCCN1C(=O)[C@H]([C@H](C)Cc1ccccc1)N(C)C(=O)OC(C)(C)C)[C@H](C)Cc1ccccc1)[C@@H](C)C(=O)OCc1ccccc1. The number of carbonyl (C=O) groups excluding carboxylic acids is 6. The van der Waals surface area contributed by atoms with E-state index in [1.165, 1.54) is 4.90 Å². The molecule has 8 atom stereocenters. The van der Waals surface area contributed by atoms with Crippen molar-refractivity contribution >= 4 is 35.7 Å². The van der Waals surface area contributed by atoms with Gasteiger partial charge in [0, 0.05) is 26.2 Å². The first-order chi connectivity index (χ1) is 30.9. The number of benzene rings is 3. The number of esters is 1. The molecule has 2 aliphatic heterocycles. The Morgan fingerprint density at radius 1 is 0.662 bits per heavy atom. The van der Waals surface area contributed by atoms with E-state index in [1.807, 2.05) is 119 Å². The Hall–Kier alpha value is -5.72. The molecular formula is C52H71N5O8. The number of hydrogen-bond donors (Lipinski definition) is 2. The van der Waals surface area contributed by atoms with Gasteiger partial charge >= 0.3 is 12.1 Å². The van der Waals surface area contributed by atoms with E-state index in [0.29, 0.717) is 51.6 Å². The number of nitrogens with zero attached hydrogens (tertiary/aromatic N) is 3. The predicted octanol–water partition coefficient (Wildman–Crippen LogP) is 6.97. The number of nitrogens with one attached hydrogen (secondary N) is 2. The molecule has 3 aromatic rings. The lowest BCUT2D eigenvalue weighted by Gasteiger charge is -2.37. The summed E-state index contributed by atoms with van der Waals surface area (Å²) in [5, 5.41) is 6.18. The third-order valence-corrected chi connectivity index (χ3v) is 12.7. The van der Waals surface area contributed by atoms with Crippen LogP contribution >= 0.6 is 0 Å². The van der Waals surface area contributed by atoms with Crippen LogP contribution in [0.4, 0.5) is 4.79 Å². The molecule has 2 fully saturated rings. The van der Waals surface area contributed by atoms with Gasteiger partial charge in [-0.1, -0.05) is 119 Å². The molecule has 2 N–H and O–H groups in total. The van der Waals surface area contributed by atoms with Crippen molar-refractivity contribution in [3.05, 3.63) is 108 Å². The van der Waals surface area contributed by atoms with Crippen molar-refractivity contribution in [2.75, 3.05) is 20.1 Å². The van der Waals surface area contributed by atoms with Crippen molar-refractivity contribution in [3.8, 4) is 0 Å². The van der Waals surface area contributed by atoms with Crippen LogP contribution in [0.5, 0.6) is 0 Å². The molecule has 13 nitrogen and oxygen atoms in total. The van der Waals surface area contributed by atoms with E-state index in [2.05, 4.69) is 10.6 Å². The molecular weight excluding hydrogens is 823 g/mol. The summed E-state index contributed by atoms with van der Waals surface area (Å²) >= 11 is 0. The highest BCUT2D eigenvalue weighted by Crippen LogP contribution is 2.28. The van der Waals surface area contributed by atoms with Gasteiger partial charge in [-0.15, -0.1) is 0 Å². The lowest BCUT2D eigenvalue weighted by Crippen LogP contribution is -2.60. The lowest BCUT2D eigenvalue weighted by molar-refractivity contribution is -0.151. The molecule has 2 saturated heterocycles. The van der Waals surface area contributed by atoms with Crippen molar-refractivity contribution in [1.29, 1.82) is 0 Å². The van der Waals surface area contributed by atoms with Gasteiger partial charge in [0.2, 0.25) is 23.6 Å². The molecule has 2 aliphatic rings. The number of rotatable bonds is 18. The highest BCUT2D eigenvalue weighted by Gasteiger charge is 2.45. The Kier molecular flexibility index (Phi) is 17.8. The van der Waals surface area contributed by atoms with E-state index in [4.69, 9.17) is 9.47 Å². The Morgan fingerprint density at radius 3 is 1.62 bits per heavy atom. The molecule has 0 aromatic heterocycles. The summed E-state index contributed by atoms with van der Waals surface area (Å²) in [4.78, 5) is 89.8. The summed E-state index contributed by atoms with van der Waals surface area (Å²) in [5.74, 6) is -3.54. The molecule has 2 heterocycles. The van der Waals surface area contributed by atoms with E-state index in [0.717, 1.165) is 16.7 Å². The smallest absolute Gasteiger partial charge is 0.410 e. The Morgan fingerprint density at radius 2 is 1.12 bits per heavy atom. The van der Waals surface area contributed by atoms with E-state index >= 15 is 0 Å². The number of ether oxygens (including phenoxy) is 2. The topological polar surface area (TPSA) is 155 Å². The normalized spacial score (nSPS) is 19.0. The average molecular weight is 894 g/mol. The minimum atomic E-state index is -1.03. The number of likely N-dealkylation sites (N-methyl/N-ethyl adjacent to an activating group) is 1. The molecule has 0 bridgehead atoms. The van der Waals surface area contributed by atoms with Crippen molar-refractivity contribution in [1.82, 2.24) is 25.3 Å². The first kappa shape index (κ1) is 50.3. The van der Waals surface area contributed by atoms with Crippen LogP contribution in [0, 0.1) is 23.7 Å². The van der Waals surface area contributed by atoms with Gasteiger partial charge in [0.15, 0.2) is 0 Å². The molecule has 3 aromatic carbocycles. The lowest BCUT2D eigenvalue weighted by atomic mass is 9.91. The van der Waals surface area contributed by atoms with Crippen LogP contribution in [0.15, 0.2) is 91.0 Å². The fourth-order valence-electron chi connectivity index (χ4n) is 9.23. The van der Waals surface area contributed by atoms with Crippen LogP contribution < -0.4 is 10.6 Å². The zero-order chi connectivity index (χ0) is 47.4. The van der Waals surface area contributed by atoms with Crippen molar-refractivity contribution in [2.45, 2.75) is 136 Å². The Labute approximate surface area is 386 Å². The maximum absolute atomic E-state index is 14.9. The molecule has 0 saturated carbocycles. The van der Waals surface area contributed by atoms with Crippen LogP contribution in [0.3, 0.4) is 0 Å². The van der Waals surface area contributed by atoms with Crippen LogP contribution in [0.25, 0.3) is 0 Å². The summed E-state index contributed by atoms with van der Waals surface area (Å²) in [6, 6.07) is 24.6. The van der Waals surface area contributed by atoms with Gasteiger partial charge in [0.1, 0.15) is 36.4 Å². The molecule has 352 valence electrons. The molecule has 0 aliphatic carbocycles. The third kappa shape index (κ3) is 13.7. The van der Waals surface area contributed by atoms with E-state index in [1.54, 1.807) is 44.5 Å². The van der Waals surface area contributed by atoms with Crippen molar-refractivity contribution in [2.24, 2.45) is 23.7 Å². The van der Waals surface area contributed by atoms with Crippen molar-refractivity contribution < 1.29 is 38.2 Å². The standard InChI is InChI=1S/C52H71N5O8/c1-34(2)43(37(5)50(62)64-33-40-25-17-12-18-26-40)53-46(58)41-27-19-29-56(41)48(60)44(35(3)31-38-21-13-10-14-22-38)54-47(59)42-28-20-30-57(42)49(61)45(55(9)51(63)65-52(6,7)8)36(4)32-39-23-15-11-16-24-39/h10-18,21-26,34-37,41-45H,19-20,27-33H2,1-9H3,(H,53,58)(H,54,59)/t35-,36-,37-,41+,42+,43-,44+,45+/m1/s1. The largest absolute Gasteiger partial charge is 0.461 e. The maximum atomic E-state index is 14.9. The second-order valence-electron chi connectivity index (χ2n) is 19.4. The van der Waals surface area contributed by atoms with Gasteiger partial charge in [-0.3, -0.25) is 28.9 Å². The second kappa shape index (κ2) is 22.9. The summed E-state index contributed by atoms with van der Waals surface area (Å²) < 4.78 is 11.4. The molecule has 5 rings (SSSR count).